The fourth-order valence-electron chi connectivity index (χ4n) is 1.31. The first-order valence-electron chi connectivity index (χ1n) is 6.70. The first kappa shape index (κ1) is 18.7. The zero-order chi connectivity index (χ0) is 17.6. The van der Waals surface area contributed by atoms with Crippen LogP contribution in [0.3, 0.4) is 0 Å². The van der Waals surface area contributed by atoms with E-state index < -0.39 is 27.4 Å². The van der Waals surface area contributed by atoms with Crippen LogP contribution in [0.15, 0.2) is 34.3 Å². The fraction of sp³-hybridized carbons (Fsp3) is 0.385. The summed E-state index contributed by atoms with van der Waals surface area (Å²) in [5.41, 5.74) is 2.73. The van der Waals surface area contributed by atoms with Crippen LogP contribution in [-0.2, 0) is 14.8 Å². The summed E-state index contributed by atoms with van der Waals surface area (Å²) in [6.45, 7) is 5.06. The van der Waals surface area contributed by atoms with Gasteiger partial charge in [0, 0.05) is 17.8 Å². The smallest absolute Gasteiger partial charge is 0.269 e. The van der Waals surface area contributed by atoms with Crippen molar-refractivity contribution in [2.75, 3.05) is 6.54 Å². The molecule has 2 N–H and O–H groups in total. The largest absolute Gasteiger partial charge is 0.272 e. The van der Waals surface area contributed by atoms with Crippen LogP contribution in [0, 0.1) is 16.0 Å². The number of non-ortho nitro benzene ring substituents is 1. The van der Waals surface area contributed by atoms with E-state index in [1.165, 1.54) is 0 Å². The minimum absolute atomic E-state index is 0.159. The second kappa shape index (κ2) is 7.79. The summed E-state index contributed by atoms with van der Waals surface area (Å²) in [5, 5.41) is 14.4. The highest BCUT2D eigenvalue weighted by molar-refractivity contribution is 7.89. The van der Waals surface area contributed by atoms with Gasteiger partial charge >= 0.3 is 0 Å². The Hall–Kier alpha value is -2.33. The van der Waals surface area contributed by atoms with Crippen LogP contribution in [0.4, 0.5) is 5.69 Å². The molecule has 0 fully saturated rings. The molecule has 0 heterocycles. The van der Waals surface area contributed by atoms with Crippen LogP contribution in [0.25, 0.3) is 0 Å². The van der Waals surface area contributed by atoms with Gasteiger partial charge < -0.3 is 0 Å². The molecule has 0 saturated carbocycles. The molecule has 9 nitrogen and oxygen atoms in total. The molecule has 126 valence electrons. The molecular weight excluding hydrogens is 324 g/mol. The van der Waals surface area contributed by atoms with Gasteiger partial charge in [-0.25, -0.2) is 18.6 Å². The van der Waals surface area contributed by atoms with Gasteiger partial charge in [0.1, 0.15) is 0 Å². The quantitative estimate of drug-likeness (QED) is 0.434. The lowest BCUT2D eigenvalue weighted by atomic mass is 10.1. The van der Waals surface area contributed by atoms with E-state index in [1.54, 1.807) is 6.92 Å². The van der Waals surface area contributed by atoms with Crippen LogP contribution in [-0.4, -0.2) is 31.5 Å². The summed E-state index contributed by atoms with van der Waals surface area (Å²) in [6.07, 6.45) is 0. The summed E-state index contributed by atoms with van der Waals surface area (Å²) in [4.78, 5) is 21.3. The molecule has 0 unspecified atom stereocenters. The molecule has 0 atom stereocenters. The summed E-state index contributed by atoms with van der Waals surface area (Å²) in [7, 11) is -3.93. The van der Waals surface area contributed by atoms with Gasteiger partial charge in [-0.3, -0.25) is 14.9 Å². The van der Waals surface area contributed by atoms with E-state index in [4.69, 9.17) is 0 Å². The Kier molecular flexibility index (Phi) is 6.34. The molecule has 1 aromatic rings. The molecule has 0 aliphatic carbocycles. The first-order chi connectivity index (χ1) is 10.6. The Morgan fingerprint density at radius 2 is 1.87 bits per heavy atom. The van der Waals surface area contributed by atoms with E-state index in [-0.39, 0.29) is 16.5 Å². The third-order valence-electron chi connectivity index (χ3n) is 2.97. The van der Waals surface area contributed by atoms with E-state index >= 15 is 0 Å². The number of amides is 1. The Balaban J connectivity index is 2.67. The standard InChI is InChI=1S/C13H18N4O5S/c1-9(2)10(3)15-16-13(18)8-14-23(21,22)12-6-4-11(5-7-12)17(19)20/h4-7,9,14H,8H2,1-3H3,(H,16,18)/b15-10-. The highest BCUT2D eigenvalue weighted by Gasteiger charge is 2.17. The highest BCUT2D eigenvalue weighted by atomic mass is 32.2. The molecule has 0 radical (unpaired) electrons. The molecule has 23 heavy (non-hydrogen) atoms. The minimum atomic E-state index is -3.93. The van der Waals surface area contributed by atoms with Crippen molar-refractivity contribution in [1.29, 1.82) is 0 Å². The van der Waals surface area contributed by atoms with E-state index in [1.807, 2.05) is 13.8 Å². The number of sulfonamides is 1. The van der Waals surface area contributed by atoms with Gasteiger partial charge in [-0.15, -0.1) is 0 Å². The highest BCUT2D eigenvalue weighted by Crippen LogP contribution is 2.15. The van der Waals surface area contributed by atoms with Crippen LogP contribution in [0.5, 0.6) is 0 Å². The number of nitro groups is 1. The summed E-state index contributed by atoms with van der Waals surface area (Å²) < 4.78 is 26.0. The monoisotopic (exact) mass is 342 g/mol. The first-order valence-corrected chi connectivity index (χ1v) is 8.19. The van der Waals surface area contributed by atoms with Crippen LogP contribution in [0.2, 0.25) is 0 Å². The van der Waals surface area contributed by atoms with Crippen LogP contribution >= 0.6 is 0 Å². The molecule has 10 heteroatoms. The zero-order valence-corrected chi connectivity index (χ0v) is 13.8. The predicted molar refractivity (Wildman–Crippen MR) is 84.4 cm³/mol. The van der Waals surface area contributed by atoms with Crippen molar-refractivity contribution in [2.45, 2.75) is 25.7 Å². The van der Waals surface area contributed by atoms with Gasteiger partial charge in [-0.05, 0) is 25.0 Å². The number of nitrogens with one attached hydrogen (secondary N) is 2. The number of hydrogen-bond acceptors (Lipinski definition) is 6. The maximum atomic E-state index is 12.0. The van der Waals surface area contributed by atoms with Crippen LogP contribution < -0.4 is 10.1 Å². The Bertz CT molecular complexity index is 710. The van der Waals surface area contributed by atoms with E-state index in [2.05, 4.69) is 15.2 Å². The number of hydrogen-bond donors (Lipinski definition) is 2. The number of hydrazone groups is 1. The van der Waals surface area contributed by atoms with Crippen molar-refractivity contribution in [1.82, 2.24) is 10.1 Å². The lowest BCUT2D eigenvalue weighted by Gasteiger charge is -2.07. The number of nitrogens with zero attached hydrogens (tertiary/aromatic N) is 2. The molecule has 0 aromatic heterocycles. The van der Waals surface area contributed by atoms with Gasteiger partial charge in [0.15, 0.2) is 0 Å². The van der Waals surface area contributed by atoms with E-state index in [0.717, 1.165) is 24.3 Å². The summed E-state index contributed by atoms with van der Waals surface area (Å²) in [5.74, 6) is -0.456. The number of benzene rings is 1. The molecule has 1 aromatic carbocycles. The van der Waals surface area contributed by atoms with Crippen molar-refractivity contribution in [3.05, 3.63) is 34.4 Å². The summed E-state index contributed by atoms with van der Waals surface area (Å²) in [6, 6.07) is 4.34. The van der Waals surface area contributed by atoms with E-state index in [9.17, 15) is 23.3 Å². The minimum Gasteiger partial charge on any atom is -0.272 e. The normalized spacial score (nSPS) is 12.3. The van der Waals surface area contributed by atoms with Gasteiger partial charge in [0.2, 0.25) is 10.0 Å². The number of carbonyl (C=O) groups is 1. The molecule has 0 bridgehead atoms. The zero-order valence-electron chi connectivity index (χ0n) is 12.9. The van der Waals surface area contributed by atoms with Crippen molar-refractivity contribution in [2.24, 2.45) is 11.0 Å². The Labute approximate surface area is 134 Å². The van der Waals surface area contributed by atoms with Crippen molar-refractivity contribution >= 4 is 27.3 Å². The lowest BCUT2D eigenvalue weighted by molar-refractivity contribution is -0.384. The number of rotatable bonds is 7. The van der Waals surface area contributed by atoms with Gasteiger partial charge in [0.25, 0.3) is 11.6 Å². The molecule has 0 aliphatic rings. The van der Waals surface area contributed by atoms with Crippen molar-refractivity contribution in [3.63, 3.8) is 0 Å². The molecule has 1 rings (SSSR count). The lowest BCUT2D eigenvalue weighted by Crippen LogP contribution is -2.35. The third-order valence-corrected chi connectivity index (χ3v) is 4.39. The van der Waals surface area contributed by atoms with E-state index in [0.29, 0.717) is 5.71 Å². The third kappa shape index (κ3) is 5.75. The predicted octanol–water partition coefficient (Wildman–Crippen LogP) is 1.02. The second-order valence-corrected chi connectivity index (χ2v) is 6.79. The Morgan fingerprint density at radius 3 is 2.35 bits per heavy atom. The van der Waals surface area contributed by atoms with Gasteiger partial charge in [-0.2, -0.15) is 5.10 Å². The number of nitro benzene ring substituents is 1. The maximum Gasteiger partial charge on any atom is 0.269 e. The maximum absolute atomic E-state index is 12.0. The number of carbonyl (C=O) groups excluding carboxylic acids is 1. The van der Waals surface area contributed by atoms with Gasteiger partial charge in [-0.1, -0.05) is 13.8 Å². The Morgan fingerprint density at radius 1 is 1.30 bits per heavy atom. The van der Waals surface area contributed by atoms with Crippen LogP contribution in [0.1, 0.15) is 20.8 Å². The molecule has 0 spiro atoms. The molecular formula is C13H18N4O5S. The average molecular weight is 342 g/mol. The van der Waals surface area contributed by atoms with Crippen molar-refractivity contribution in [3.8, 4) is 0 Å². The van der Waals surface area contributed by atoms with Gasteiger partial charge in [0.05, 0.1) is 16.4 Å². The average Bonchev–Trinajstić information content (AvgIpc) is 2.50. The molecule has 0 saturated heterocycles. The topological polar surface area (TPSA) is 131 Å². The fourth-order valence-corrected chi connectivity index (χ4v) is 2.29. The SMILES string of the molecule is C/C(=N/NC(=O)CNS(=O)(=O)c1ccc([N+](=O)[O-])cc1)C(C)C. The second-order valence-electron chi connectivity index (χ2n) is 5.02. The molecule has 0 aliphatic heterocycles. The molecule has 1 amide bonds. The van der Waals surface area contributed by atoms with Crippen molar-refractivity contribution < 1.29 is 18.1 Å². The summed E-state index contributed by atoms with van der Waals surface area (Å²) >= 11 is 0.